The maximum atomic E-state index is 12.9. The minimum Gasteiger partial charge on any atom is -0.493 e. The number of carbonyl (C=O) groups is 2. The van der Waals surface area contributed by atoms with Crippen molar-refractivity contribution < 1.29 is 32.7 Å². The van der Waals surface area contributed by atoms with E-state index < -0.39 is 11.9 Å². The van der Waals surface area contributed by atoms with E-state index in [-0.39, 0.29) is 35.3 Å². The number of ether oxygens (including phenoxy) is 3. The van der Waals surface area contributed by atoms with Gasteiger partial charge in [0.1, 0.15) is 0 Å². The number of hydrogen-bond donors (Lipinski definition) is 1. The van der Waals surface area contributed by atoms with Crippen molar-refractivity contribution in [3.63, 3.8) is 0 Å². The van der Waals surface area contributed by atoms with Gasteiger partial charge >= 0.3 is 5.97 Å². The van der Waals surface area contributed by atoms with Gasteiger partial charge in [-0.2, -0.15) is 4.98 Å². The van der Waals surface area contributed by atoms with E-state index in [1.165, 1.54) is 38.7 Å². The van der Waals surface area contributed by atoms with E-state index in [0.29, 0.717) is 17.1 Å². The van der Waals surface area contributed by atoms with Crippen molar-refractivity contribution in [2.45, 2.75) is 6.61 Å². The predicted molar refractivity (Wildman–Crippen MR) is 113 cm³/mol. The van der Waals surface area contributed by atoms with Crippen molar-refractivity contribution >= 4 is 17.6 Å². The summed E-state index contributed by atoms with van der Waals surface area (Å²) in [5, 5.41) is 6.47. The first kappa shape index (κ1) is 21.6. The van der Waals surface area contributed by atoms with Crippen LogP contribution in [0.25, 0.3) is 11.4 Å². The number of methoxy groups -OCH3 is 2. The number of rotatable bonds is 8. The van der Waals surface area contributed by atoms with Crippen LogP contribution >= 0.6 is 0 Å². The Balaban J connectivity index is 1.54. The van der Waals surface area contributed by atoms with E-state index in [4.69, 9.17) is 23.2 Å². The number of pyridine rings is 1. The molecule has 0 aliphatic rings. The lowest BCUT2D eigenvalue weighted by Gasteiger charge is -2.14. The molecule has 4 aromatic rings. The van der Waals surface area contributed by atoms with Gasteiger partial charge < -0.3 is 28.5 Å². The fourth-order valence-corrected chi connectivity index (χ4v) is 2.87. The van der Waals surface area contributed by atoms with Crippen LogP contribution in [0.15, 0.2) is 64.0 Å². The Hall–Kier alpha value is -4.67. The Morgan fingerprint density at radius 1 is 1.09 bits per heavy atom. The molecule has 0 saturated heterocycles. The Morgan fingerprint density at radius 2 is 1.91 bits per heavy atom. The van der Waals surface area contributed by atoms with Gasteiger partial charge in [-0.15, -0.1) is 0 Å². The van der Waals surface area contributed by atoms with E-state index in [9.17, 15) is 9.59 Å². The molecule has 3 aromatic heterocycles. The van der Waals surface area contributed by atoms with Crippen molar-refractivity contribution in [1.29, 1.82) is 0 Å². The Kier molecular flexibility index (Phi) is 6.30. The molecule has 4 rings (SSSR count). The molecule has 0 aliphatic carbocycles. The Bertz CT molecular complexity index is 1250. The third-order valence-corrected chi connectivity index (χ3v) is 4.45. The number of anilines is 1. The number of furan rings is 1. The molecule has 1 aromatic carbocycles. The molecule has 0 atom stereocenters. The van der Waals surface area contributed by atoms with Crippen molar-refractivity contribution in [2.24, 2.45) is 0 Å². The van der Waals surface area contributed by atoms with Crippen LogP contribution in [0.5, 0.6) is 11.5 Å². The van der Waals surface area contributed by atoms with Gasteiger partial charge in [0.05, 0.1) is 31.7 Å². The van der Waals surface area contributed by atoms with Crippen LogP contribution in [-0.2, 0) is 11.3 Å². The number of aromatic nitrogens is 3. The summed E-state index contributed by atoms with van der Waals surface area (Å²) in [5.74, 6) is -0.265. The summed E-state index contributed by atoms with van der Waals surface area (Å²) in [7, 11) is 2.86. The number of carbonyl (C=O) groups excluding carboxylic acids is 2. The highest BCUT2D eigenvalue weighted by Crippen LogP contribution is 2.34. The minimum atomic E-state index is -0.758. The molecule has 0 spiro atoms. The highest BCUT2D eigenvalue weighted by atomic mass is 16.6. The molecular formula is C22H18N4O7. The Labute approximate surface area is 187 Å². The summed E-state index contributed by atoms with van der Waals surface area (Å²) < 4.78 is 26.1. The van der Waals surface area contributed by atoms with E-state index in [1.54, 1.807) is 30.6 Å². The van der Waals surface area contributed by atoms with Crippen LogP contribution in [0, 0.1) is 0 Å². The second kappa shape index (κ2) is 9.64. The second-order valence-corrected chi connectivity index (χ2v) is 6.51. The number of benzene rings is 1. The lowest BCUT2D eigenvalue weighted by atomic mass is 10.1. The van der Waals surface area contributed by atoms with E-state index in [1.807, 2.05) is 0 Å². The quantitative estimate of drug-likeness (QED) is 0.398. The van der Waals surface area contributed by atoms with Crippen LogP contribution in [0.3, 0.4) is 0 Å². The molecular weight excluding hydrogens is 432 g/mol. The minimum absolute atomic E-state index is 0.0274. The smallest absolute Gasteiger partial charge is 0.340 e. The fourth-order valence-electron chi connectivity index (χ4n) is 2.87. The van der Waals surface area contributed by atoms with E-state index >= 15 is 0 Å². The molecule has 3 heterocycles. The van der Waals surface area contributed by atoms with Crippen LogP contribution in [0.2, 0.25) is 0 Å². The Morgan fingerprint density at radius 3 is 2.61 bits per heavy atom. The van der Waals surface area contributed by atoms with Gasteiger partial charge in [0.2, 0.25) is 5.82 Å². The third-order valence-electron chi connectivity index (χ3n) is 4.45. The standard InChI is InChI=1S/C22H18N4O7/c1-29-17-9-14(15(10-18(17)30-2)24-21(27)16-6-4-8-31-16)22(28)32-12-19-25-20(26-33-19)13-5-3-7-23-11-13/h3-11H,12H2,1-2H3,(H,24,27). The van der Waals surface area contributed by atoms with E-state index in [2.05, 4.69) is 20.4 Å². The molecule has 11 nitrogen and oxygen atoms in total. The molecule has 1 N–H and O–H groups in total. The molecule has 0 aliphatic heterocycles. The topological polar surface area (TPSA) is 139 Å². The van der Waals surface area contributed by atoms with Crippen LogP contribution < -0.4 is 14.8 Å². The molecule has 1 amide bonds. The van der Waals surface area contributed by atoms with E-state index in [0.717, 1.165) is 0 Å². The average Bonchev–Trinajstić information content (AvgIpc) is 3.55. The SMILES string of the molecule is COc1cc(NC(=O)c2ccco2)c(C(=O)OCc2nc(-c3cccnc3)no2)cc1OC. The van der Waals surface area contributed by atoms with Crippen molar-refractivity contribution in [1.82, 2.24) is 15.1 Å². The molecule has 0 fully saturated rings. The molecule has 11 heteroatoms. The average molecular weight is 450 g/mol. The summed E-state index contributed by atoms with van der Waals surface area (Å²) in [5.41, 5.74) is 0.821. The summed E-state index contributed by atoms with van der Waals surface area (Å²) in [6, 6.07) is 9.41. The number of esters is 1. The summed E-state index contributed by atoms with van der Waals surface area (Å²) in [6.45, 7) is -0.286. The summed E-state index contributed by atoms with van der Waals surface area (Å²) in [6.07, 6.45) is 4.57. The van der Waals surface area contributed by atoms with Crippen LogP contribution in [0.4, 0.5) is 5.69 Å². The first-order valence-electron chi connectivity index (χ1n) is 9.60. The molecule has 0 saturated carbocycles. The lowest BCUT2D eigenvalue weighted by molar-refractivity contribution is 0.0430. The highest BCUT2D eigenvalue weighted by Gasteiger charge is 2.22. The maximum absolute atomic E-state index is 12.9. The first-order valence-corrected chi connectivity index (χ1v) is 9.60. The van der Waals surface area contributed by atoms with Crippen LogP contribution in [0.1, 0.15) is 26.8 Å². The van der Waals surface area contributed by atoms with Gasteiger partial charge in [-0.25, -0.2) is 4.79 Å². The fraction of sp³-hybridized carbons (Fsp3) is 0.136. The van der Waals surface area contributed by atoms with Gasteiger partial charge in [0.25, 0.3) is 11.8 Å². The van der Waals surface area contributed by atoms with Gasteiger partial charge in [-0.1, -0.05) is 5.16 Å². The van der Waals surface area contributed by atoms with Gasteiger partial charge in [-0.3, -0.25) is 9.78 Å². The largest absolute Gasteiger partial charge is 0.493 e. The van der Waals surface area contributed by atoms with Crippen molar-refractivity contribution in [3.05, 3.63) is 72.3 Å². The lowest BCUT2D eigenvalue weighted by Crippen LogP contribution is -2.16. The zero-order chi connectivity index (χ0) is 23.2. The summed E-state index contributed by atoms with van der Waals surface area (Å²) >= 11 is 0. The molecule has 33 heavy (non-hydrogen) atoms. The number of nitrogens with zero attached hydrogens (tertiary/aromatic N) is 3. The van der Waals surface area contributed by atoms with Gasteiger partial charge in [-0.05, 0) is 24.3 Å². The normalized spacial score (nSPS) is 10.5. The van der Waals surface area contributed by atoms with Crippen LogP contribution in [-0.4, -0.2) is 41.2 Å². The second-order valence-electron chi connectivity index (χ2n) is 6.51. The van der Waals surface area contributed by atoms with Crippen molar-refractivity contribution in [3.8, 4) is 22.9 Å². The number of amides is 1. The van der Waals surface area contributed by atoms with Crippen molar-refractivity contribution in [2.75, 3.05) is 19.5 Å². The molecule has 0 bridgehead atoms. The number of hydrogen-bond acceptors (Lipinski definition) is 10. The maximum Gasteiger partial charge on any atom is 0.340 e. The summed E-state index contributed by atoms with van der Waals surface area (Å²) in [4.78, 5) is 33.5. The molecule has 0 radical (unpaired) electrons. The molecule has 168 valence electrons. The first-order chi connectivity index (χ1) is 16.1. The molecule has 0 unspecified atom stereocenters. The third kappa shape index (κ3) is 4.82. The van der Waals surface area contributed by atoms with Gasteiger partial charge in [0.15, 0.2) is 23.9 Å². The zero-order valence-corrected chi connectivity index (χ0v) is 17.6. The van der Waals surface area contributed by atoms with Gasteiger partial charge in [0, 0.05) is 30.1 Å². The predicted octanol–water partition coefficient (Wildman–Crippen LogP) is 3.35. The number of nitrogens with one attached hydrogen (secondary N) is 1. The monoisotopic (exact) mass is 450 g/mol. The highest BCUT2D eigenvalue weighted by molar-refractivity contribution is 6.07. The zero-order valence-electron chi connectivity index (χ0n) is 17.6.